The monoisotopic (exact) mass is 499 g/mol. The van der Waals surface area contributed by atoms with Gasteiger partial charge in [-0.05, 0) is 68.3 Å². The maximum atomic E-state index is 9.97. The van der Waals surface area contributed by atoms with Crippen molar-refractivity contribution in [2.24, 2.45) is 9.98 Å². The molecule has 0 bridgehead atoms. The van der Waals surface area contributed by atoms with Crippen LogP contribution in [0.3, 0.4) is 0 Å². The summed E-state index contributed by atoms with van der Waals surface area (Å²) in [5, 5.41) is 19.7. The molecular formula is C29H28CuN2O2. The smallest absolute Gasteiger partial charge is 0.127 e. The minimum absolute atomic E-state index is 0. The normalized spacial score (nSPS) is 10.9. The second kappa shape index (κ2) is 13.1. The van der Waals surface area contributed by atoms with Crippen LogP contribution in [-0.4, -0.2) is 22.1 Å². The summed E-state index contributed by atoms with van der Waals surface area (Å²) in [7, 11) is 0. The van der Waals surface area contributed by atoms with Gasteiger partial charge in [-0.1, -0.05) is 60.7 Å². The first kappa shape index (κ1) is 26.6. The number of benzene rings is 4. The fraction of sp³-hybridized carbons (Fsp3) is 0.103. The zero-order valence-corrected chi connectivity index (χ0v) is 20.3. The number of para-hydroxylation sites is 4. The zero-order chi connectivity index (χ0) is 23.6. The van der Waals surface area contributed by atoms with E-state index in [1.807, 2.05) is 118 Å². The number of hydrogen-bond donors (Lipinski definition) is 2. The minimum atomic E-state index is 0. The molecule has 34 heavy (non-hydrogen) atoms. The Morgan fingerprint density at radius 3 is 1.79 bits per heavy atom. The molecule has 0 saturated carbocycles. The van der Waals surface area contributed by atoms with E-state index in [9.17, 15) is 10.2 Å². The van der Waals surface area contributed by atoms with Crippen LogP contribution in [0.25, 0.3) is 0 Å². The molecule has 0 saturated heterocycles. The number of nitrogens with zero attached hydrogens (tertiary/aromatic N) is 2. The van der Waals surface area contributed by atoms with Gasteiger partial charge in [0, 0.05) is 40.1 Å². The first-order valence-electron chi connectivity index (χ1n) is 10.7. The van der Waals surface area contributed by atoms with E-state index in [4.69, 9.17) is 0 Å². The van der Waals surface area contributed by atoms with Gasteiger partial charge in [-0.3, -0.25) is 9.98 Å². The van der Waals surface area contributed by atoms with Gasteiger partial charge < -0.3 is 10.2 Å². The summed E-state index contributed by atoms with van der Waals surface area (Å²) in [6, 6.07) is 30.7. The van der Waals surface area contributed by atoms with Crippen molar-refractivity contribution in [1.82, 2.24) is 0 Å². The van der Waals surface area contributed by atoms with Crippen molar-refractivity contribution < 1.29 is 27.3 Å². The summed E-state index contributed by atoms with van der Waals surface area (Å²) in [5.41, 5.74) is 5.84. The van der Waals surface area contributed by atoms with Crippen molar-refractivity contribution in [3.63, 3.8) is 0 Å². The predicted octanol–water partition coefficient (Wildman–Crippen LogP) is 7.29. The van der Waals surface area contributed by atoms with Gasteiger partial charge in [-0.25, -0.2) is 0 Å². The summed E-state index contributed by atoms with van der Waals surface area (Å²) < 4.78 is 0. The number of hydrogen-bond acceptors (Lipinski definition) is 4. The number of rotatable bonds is 4. The second-order valence-electron chi connectivity index (χ2n) is 7.61. The van der Waals surface area contributed by atoms with Gasteiger partial charge in [0.15, 0.2) is 0 Å². The van der Waals surface area contributed by atoms with E-state index in [0.29, 0.717) is 11.5 Å². The van der Waals surface area contributed by atoms with Crippen LogP contribution < -0.4 is 0 Å². The third-order valence-corrected chi connectivity index (χ3v) is 5.06. The fourth-order valence-electron chi connectivity index (χ4n) is 3.15. The third-order valence-electron chi connectivity index (χ3n) is 5.06. The van der Waals surface area contributed by atoms with Crippen LogP contribution in [0, 0.1) is 13.8 Å². The minimum Gasteiger partial charge on any atom is -0.507 e. The predicted molar refractivity (Wildman–Crippen MR) is 138 cm³/mol. The van der Waals surface area contributed by atoms with Crippen molar-refractivity contribution >= 4 is 23.3 Å². The number of phenolic OH excluding ortho intramolecular Hbond substituents is 2. The van der Waals surface area contributed by atoms with Crippen LogP contribution >= 0.6 is 0 Å². The molecule has 1 radical (unpaired) electrons. The van der Waals surface area contributed by atoms with E-state index >= 15 is 0 Å². The van der Waals surface area contributed by atoms with E-state index in [1.165, 1.54) is 0 Å². The number of aliphatic imine (C=N–C) groups is 2. The molecule has 5 heteroatoms. The van der Waals surface area contributed by atoms with E-state index in [2.05, 4.69) is 9.98 Å². The van der Waals surface area contributed by atoms with Crippen LogP contribution in [-0.2, 0) is 17.1 Å². The van der Waals surface area contributed by atoms with Crippen LogP contribution in [0.5, 0.6) is 11.5 Å². The number of aromatic hydroxyl groups is 2. The van der Waals surface area contributed by atoms with Crippen molar-refractivity contribution in [3.05, 3.63) is 119 Å². The van der Waals surface area contributed by atoms with Crippen molar-refractivity contribution in [1.29, 1.82) is 0 Å². The van der Waals surface area contributed by atoms with Crippen LogP contribution in [0.2, 0.25) is 0 Å². The molecule has 0 unspecified atom stereocenters. The molecule has 0 heterocycles. The van der Waals surface area contributed by atoms with Gasteiger partial charge in [-0.2, -0.15) is 0 Å². The average molecular weight is 500 g/mol. The zero-order valence-electron chi connectivity index (χ0n) is 19.4. The molecule has 0 fully saturated rings. The summed E-state index contributed by atoms with van der Waals surface area (Å²) in [6.45, 7) is 5.66. The van der Waals surface area contributed by atoms with Gasteiger partial charge in [0.25, 0.3) is 0 Å². The van der Waals surface area contributed by atoms with E-state index in [-0.39, 0.29) is 17.1 Å². The van der Waals surface area contributed by atoms with Crippen molar-refractivity contribution in [2.45, 2.75) is 20.8 Å². The molecule has 0 amide bonds. The van der Waals surface area contributed by atoms with Crippen molar-refractivity contribution in [3.8, 4) is 11.5 Å². The first-order chi connectivity index (χ1) is 16.0. The molecule has 0 atom stereocenters. The summed E-state index contributed by atoms with van der Waals surface area (Å²) in [5.74, 6) is 0.604. The Balaban J connectivity index is 0.000000234. The number of aryl methyl sites for hydroxylation is 2. The Morgan fingerprint density at radius 1 is 0.647 bits per heavy atom. The molecule has 2 N–H and O–H groups in total. The molecule has 0 aliphatic rings. The van der Waals surface area contributed by atoms with Crippen LogP contribution in [0.4, 0.5) is 11.4 Å². The largest absolute Gasteiger partial charge is 0.507 e. The Labute approximate surface area is 211 Å². The standard InChI is InChI=1S/C15H15NO.C14H13NO.Cu/c1-11-7-6-10-14(15(11)17)12(2)16-13-8-4-3-5-9-13;1-11-6-5-7-12(14(11)16)10-15-13-8-3-2-4-9-13;/h3-10,17H,1-2H3;2-10,16H,1H3;. The summed E-state index contributed by atoms with van der Waals surface area (Å²) in [6.07, 6.45) is 1.68. The molecule has 177 valence electrons. The second-order valence-corrected chi connectivity index (χ2v) is 7.61. The van der Waals surface area contributed by atoms with Gasteiger partial charge in [0.2, 0.25) is 0 Å². The molecule has 4 aromatic carbocycles. The van der Waals surface area contributed by atoms with Gasteiger partial charge in [-0.15, -0.1) is 0 Å². The quantitative estimate of drug-likeness (QED) is 0.228. The molecule has 4 aromatic rings. The molecule has 4 rings (SSSR count). The summed E-state index contributed by atoms with van der Waals surface area (Å²) >= 11 is 0. The fourth-order valence-corrected chi connectivity index (χ4v) is 3.15. The molecule has 0 aromatic heterocycles. The molecule has 4 nitrogen and oxygen atoms in total. The van der Waals surface area contributed by atoms with Gasteiger partial charge in [0.1, 0.15) is 11.5 Å². The van der Waals surface area contributed by atoms with Crippen LogP contribution in [0.15, 0.2) is 107 Å². The van der Waals surface area contributed by atoms with E-state index < -0.39 is 0 Å². The van der Waals surface area contributed by atoms with E-state index in [0.717, 1.165) is 39.3 Å². The maximum Gasteiger partial charge on any atom is 0.127 e. The molecule has 0 spiro atoms. The third kappa shape index (κ3) is 7.45. The van der Waals surface area contributed by atoms with Gasteiger partial charge >= 0.3 is 0 Å². The molecular weight excluding hydrogens is 472 g/mol. The maximum absolute atomic E-state index is 9.97. The van der Waals surface area contributed by atoms with E-state index in [1.54, 1.807) is 6.21 Å². The SMILES string of the molecule is CC(=Nc1ccccc1)c1cccc(C)c1O.Cc1cccc(C=Nc2ccccc2)c1O.[Cu]. The first-order valence-corrected chi connectivity index (χ1v) is 10.7. The molecule has 0 aliphatic heterocycles. The topological polar surface area (TPSA) is 65.2 Å². The molecule has 0 aliphatic carbocycles. The Hall–Kier alpha value is -3.66. The number of phenols is 2. The van der Waals surface area contributed by atoms with Crippen LogP contribution in [0.1, 0.15) is 29.2 Å². The average Bonchev–Trinajstić information content (AvgIpc) is 2.83. The summed E-state index contributed by atoms with van der Waals surface area (Å²) in [4.78, 5) is 8.78. The Morgan fingerprint density at radius 2 is 1.18 bits per heavy atom. The Bertz CT molecular complexity index is 1250. The van der Waals surface area contributed by atoms with Gasteiger partial charge in [0.05, 0.1) is 11.4 Å². The van der Waals surface area contributed by atoms with Crippen molar-refractivity contribution in [2.75, 3.05) is 0 Å². The Kier molecular flexibility index (Phi) is 10.3.